The van der Waals surface area contributed by atoms with Gasteiger partial charge in [-0.05, 0) is 38.5 Å². The van der Waals surface area contributed by atoms with Crippen LogP contribution >= 0.6 is 0 Å². The largest absolute Gasteiger partial charge is 0.479 e. The van der Waals surface area contributed by atoms with Gasteiger partial charge in [-0.1, -0.05) is 63.3 Å². The first-order valence-corrected chi connectivity index (χ1v) is 29.4. The molecule has 32 nitrogen and oxygen atoms in total. The third-order valence-corrected chi connectivity index (χ3v) is 16.4. The fourth-order valence-corrected chi connectivity index (χ4v) is 11.5. The Morgan fingerprint density at radius 2 is 0.640 bits per heavy atom. The molecule has 0 spiro atoms. The summed E-state index contributed by atoms with van der Waals surface area (Å²) in [6, 6.07) is 0. The molecule has 22 aliphatic heterocycles. The number of ether oxygens (including phenoxy) is 13. The van der Waals surface area contributed by atoms with Crippen molar-refractivity contribution in [1.82, 2.24) is 0 Å². The van der Waals surface area contributed by atoms with E-state index in [9.17, 15) is 96.7 Å². The Kier molecular flexibility index (Phi) is 28.1. The van der Waals surface area contributed by atoms with Gasteiger partial charge < -0.3 is 153 Å². The summed E-state index contributed by atoms with van der Waals surface area (Å²) < 4.78 is 76.0. The Bertz CT molecular complexity index is 2030. The van der Waals surface area contributed by atoms with Crippen molar-refractivity contribution in [3.8, 4) is 0 Å². The Balaban J connectivity index is 1.16. The number of rotatable bonds is 22. The molecule has 498 valence electrons. The highest BCUT2D eigenvalue weighted by Gasteiger charge is 2.59. The summed E-state index contributed by atoms with van der Waals surface area (Å²) in [6.07, 6.45) is -45.0. The lowest BCUT2D eigenvalue weighted by molar-refractivity contribution is -0.405. The quantitative estimate of drug-likeness (QED) is 0.0354. The first-order chi connectivity index (χ1) is 41.3. The second-order valence-electron chi connectivity index (χ2n) is 22.4. The molecular weight excluding hydrogens is 1160 g/mol. The maximum Gasteiger partial charge on any atom is 0.332 e. The van der Waals surface area contributed by atoms with Crippen molar-refractivity contribution in [3.05, 3.63) is 24.3 Å². The van der Waals surface area contributed by atoms with Crippen molar-refractivity contribution in [2.75, 3.05) is 39.6 Å². The van der Waals surface area contributed by atoms with Gasteiger partial charge in [0.1, 0.15) is 146 Å². The number of carboxylic acid groups (broad SMARTS) is 1. The normalized spacial score (nSPS) is 45.8. The summed E-state index contributed by atoms with van der Waals surface area (Å²) in [7, 11) is 0. The van der Waals surface area contributed by atoms with Crippen molar-refractivity contribution in [3.63, 3.8) is 0 Å². The van der Waals surface area contributed by atoms with E-state index >= 15 is 0 Å². The fourth-order valence-electron chi connectivity index (χ4n) is 11.5. The summed E-state index contributed by atoms with van der Waals surface area (Å²) in [5.74, 6) is -1.51. The molecule has 18 N–H and O–H groups in total. The monoisotopic (exact) mass is 1250 g/mol. The van der Waals surface area contributed by atoms with E-state index in [1.807, 2.05) is 0 Å². The molecule has 0 amide bonds. The molecular formula is C54H90O32. The predicted octanol–water partition coefficient (Wildman–Crippen LogP) is -7.15. The Hall–Kier alpha value is -2.25. The van der Waals surface area contributed by atoms with Crippen LogP contribution in [0.1, 0.15) is 77.6 Å². The van der Waals surface area contributed by atoms with Crippen molar-refractivity contribution < 1.29 is 158 Å². The number of aliphatic hydroxyl groups excluding tert-OH is 17. The summed E-state index contributed by atoms with van der Waals surface area (Å²) >= 11 is 0. The van der Waals surface area contributed by atoms with Gasteiger partial charge in [0.2, 0.25) is 0 Å². The molecule has 32 heteroatoms. The van der Waals surface area contributed by atoms with E-state index in [-0.39, 0.29) is 6.42 Å². The van der Waals surface area contributed by atoms with Crippen LogP contribution in [0.15, 0.2) is 24.3 Å². The van der Waals surface area contributed by atoms with Crippen LogP contribution in [0.3, 0.4) is 0 Å². The molecule has 22 saturated heterocycles. The van der Waals surface area contributed by atoms with Crippen LogP contribution in [0, 0.1) is 0 Å². The van der Waals surface area contributed by atoms with E-state index in [2.05, 4.69) is 31.2 Å². The van der Waals surface area contributed by atoms with Crippen LogP contribution in [-0.4, -0.2) is 328 Å². The topological polar surface area (TPSA) is 501 Å². The lowest BCUT2D eigenvalue weighted by Crippen LogP contribution is -2.69. The molecule has 0 aromatic heterocycles. The molecule has 1 unspecified atom stereocenters. The Morgan fingerprint density at radius 3 is 0.942 bits per heavy atom. The molecule has 0 aliphatic carbocycles. The van der Waals surface area contributed by atoms with Gasteiger partial charge in [0.15, 0.2) is 43.8 Å². The number of unbranched alkanes of at least 4 members (excludes halogenated alkanes) is 7. The molecule has 22 fully saturated rings. The molecule has 22 rings (SSSR count). The van der Waals surface area contributed by atoms with Gasteiger partial charge in [0.05, 0.1) is 39.6 Å². The molecule has 0 saturated carbocycles. The Labute approximate surface area is 495 Å². The minimum atomic E-state index is -2.24. The maximum absolute atomic E-state index is 13.0. The number of carbonyl (C=O) groups is 1. The number of aliphatic hydroxyl groups is 17. The molecule has 12 bridgehead atoms. The molecule has 0 aromatic rings. The zero-order valence-electron chi connectivity index (χ0n) is 47.5. The zero-order chi connectivity index (χ0) is 62.5. The molecule has 31 atom stereocenters. The van der Waals surface area contributed by atoms with Crippen molar-refractivity contribution in [2.45, 2.75) is 268 Å². The van der Waals surface area contributed by atoms with Crippen LogP contribution in [0.2, 0.25) is 0 Å². The second kappa shape index (κ2) is 33.9. The third-order valence-electron chi connectivity index (χ3n) is 16.4. The standard InChI is InChI=1S/C54H90O32/c1-2-3-4-5-6-7-8-9-10-11-12-13-14-15-16-23(48(72)73)74-47-40(71)54-80-29(22-60)46(47)86-53-39(70)34(65)44(27(20-58)79-53)84-51-37(68)32(63)42(25(18-56)77-51)82-49-35(66)30(61)41(24(17-55)75-49)81-50-36(67)31(62)43(26(19-57)76-50)83-52-38(69)33(64)45(85-54)28(21-59)78-52/h6-7,9-10,23-47,49-71H,2-5,8,11-22H2,1H3,(H,72,73)/b7-6-,10-9-/t23?,24-,25-,26-,27-,28-,29-,30-,31-,32-,33-,34-,35-,36-,37-,38-,39-,40-,41-,42-,43-,44-,45-,46+,47-,49-,50-,51-,52-,53-,54-/m1/s1. The van der Waals surface area contributed by atoms with Gasteiger partial charge in [-0.25, -0.2) is 4.79 Å². The van der Waals surface area contributed by atoms with E-state index in [1.165, 1.54) is 6.42 Å². The van der Waals surface area contributed by atoms with Crippen LogP contribution in [0.4, 0.5) is 0 Å². The molecule has 86 heavy (non-hydrogen) atoms. The van der Waals surface area contributed by atoms with Gasteiger partial charge in [0.25, 0.3) is 0 Å². The van der Waals surface area contributed by atoms with Gasteiger partial charge >= 0.3 is 5.97 Å². The fraction of sp³-hybridized carbons (Fsp3) is 0.907. The lowest BCUT2D eigenvalue weighted by atomic mass is 9.94. The highest BCUT2D eigenvalue weighted by molar-refractivity contribution is 5.72. The molecule has 0 radical (unpaired) electrons. The lowest BCUT2D eigenvalue weighted by Gasteiger charge is -2.51. The van der Waals surface area contributed by atoms with E-state index in [4.69, 9.17) is 61.6 Å². The smallest absolute Gasteiger partial charge is 0.332 e. The van der Waals surface area contributed by atoms with Crippen molar-refractivity contribution in [1.29, 1.82) is 0 Å². The van der Waals surface area contributed by atoms with E-state index < -0.39 is 236 Å². The van der Waals surface area contributed by atoms with Gasteiger partial charge in [-0.3, -0.25) is 0 Å². The number of aliphatic carboxylic acids is 1. The minimum Gasteiger partial charge on any atom is -0.479 e. The average molecular weight is 1250 g/mol. The average Bonchev–Trinajstić information content (AvgIpc) is 1.60. The van der Waals surface area contributed by atoms with Crippen LogP contribution in [0.25, 0.3) is 0 Å². The predicted molar refractivity (Wildman–Crippen MR) is 281 cm³/mol. The van der Waals surface area contributed by atoms with E-state index in [0.717, 1.165) is 38.5 Å². The molecule has 22 aliphatic rings. The van der Waals surface area contributed by atoms with E-state index in [0.29, 0.717) is 19.3 Å². The van der Waals surface area contributed by atoms with Crippen LogP contribution < -0.4 is 0 Å². The first kappa shape index (κ1) is 71.2. The maximum atomic E-state index is 13.0. The van der Waals surface area contributed by atoms with Gasteiger partial charge in [-0.15, -0.1) is 0 Å². The molecule has 22 heterocycles. The van der Waals surface area contributed by atoms with Crippen LogP contribution in [-0.2, 0) is 66.4 Å². The number of hydrogen-bond acceptors (Lipinski definition) is 31. The van der Waals surface area contributed by atoms with Gasteiger partial charge in [-0.2, -0.15) is 0 Å². The van der Waals surface area contributed by atoms with Gasteiger partial charge in [0, 0.05) is 0 Å². The molecule has 0 aromatic carbocycles. The summed E-state index contributed by atoms with van der Waals surface area (Å²) in [5, 5.41) is 201. The van der Waals surface area contributed by atoms with E-state index in [1.54, 1.807) is 0 Å². The summed E-state index contributed by atoms with van der Waals surface area (Å²) in [5.41, 5.74) is 0. The number of allylic oxidation sites excluding steroid dienone is 4. The third kappa shape index (κ3) is 16.9. The van der Waals surface area contributed by atoms with Crippen molar-refractivity contribution in [2.24, 2.45) is 0 Å². The van der Waals surface area contributed by atoms with Crippen LogP contribution in [0.5, 0.6) is 0 Å². The summed E-state index contributed by atoms with van der Waals surface area (Å²) in [6.45, 7) is -4.09. The SMILES string of the molecule is CCCCC/C=C\C/C=C\CCCCCCC(O[C@@H]1[C@@H](O)[C@H]2O[C@H]3[C@H](O)[C@@H](O)[C@@H](O[C@H]4[C@H](O)[C@@H](O)[C@@H](O[C@H]5[C@H](O)[C@@H](O)[C@@H](O[C@H]6[C@H](O)[C@@H](O)[C@@H](O[C@H]7[C@H](O)[C@@H](O)[C@@H](O[C@H]1[C@@H](CO)O2)O[C@@H]7CO)O[C@@H]6CO)O[C@@H]5CO)O[C@@H]4CO)O[C@@H]3CO)C(=O)O. The highest BCUT2D eigenvalue weighted by Crippen LogP contribution is 2.39. The highest BCUT2D eigenvalue weighted by atomic mass is 16.8. The number of hydrogen-bond donors (Lipinski definition) is 18. The minimum absolute atomic E-state index is 0.150. The summed E-state index contributed by atoms with van der Waals surface area (Å²) in [4.78, 5) is 13.0. The number of carboxylic acids is 1. The first-order valence-electron chi connectivity index (χ1n) is 29.4. The van der Waals surface area contributed by atoms with Crippen molar-refractivity contribution >= 4 is 5.97 Å². The second-order valence-corrected chi connectivity index (χ2v) is 22.4. The Morgan fingerprint density at radius 1 is 0.360 bits per heavy atom. The zero-order valence-corrected chi connectivity index (χ0v) is 47.5.